The van der Waals surface area contributed by atoms with Gasteiger partial charge in [-0.25, -0.2) is 0 Å². The number of benzene rings is 1. The van der Waals surface area contributed by atoms with Crippen LogP contribution in [0.4, 0.5) is 5.69 Å². The molecule has 1 aromatic rings. The van der Waals surface area contributed by atoms with Crippen LogP contribution in [0.15, 0.2) is 23.1 Å². The van der Waals surface area contributed by atoms with Gasteiger partial charge in [0.2, 0.25) is 5.91 Å². The van der Waals surface area contributed by atoms with Crippen LogP contribution in [0.25, 0.3) is 0 Å². The van der Waals surface area contributed by atoms with Gasteiger partial charge in [-0.3, -0.25) is 9.00 Å². The first kappa shape index (κ1) is 12.1. The van der Waals surface area contributed by atoms with Gasteiger partial charge in [0.1, 0.15) is 5.75 Å². The molecule has 1 saturated carbocycles. The fourth-order valence-corrected chi connectivity index (χ4v) is 2.74. The Hall–Kier alpha value is -1.36. The second kappa shape index (κ2) is 4.87. The van der Waals surface area contributed by atoms with E-state index >= 15 is 0 Å². The molecule has 1 aliphatic carbocycles. The van der Waals surface area contributed by atoms with Crippen molar-refractivity contribution < 1.29 is 9.00 Å². The summed E-state index contributed by atoms with van der Waals surface area (Å²) in [5.41, 5.74) is 7.13. The van der Waals surface area contributed by atoms with Gasteiger partial charge in [0.15, 0.2) is 0 Å². The number of rotatable bonds is 4. The zero-order valence-electron chi connectivity index (χ0n) is 9.73. The first-order chi connectivity index (χ1) is 8.06. The second-order valence-electron chi connectivity index (χ2n) is 4.36. The van der Waals surface area contributed by atoms with E-state index in [1.165, 1.54) is 0 Å². The normalized spacial score (nSPS) is 16.5. The molecule has 1 unspecified atom stereocenters. The van der Waals surface area contributed by atoms with Gasteiger partial charge in [-0.05, 0) is 43.5 Å². The molecular weight excluding hydrogens is 236 g/mol. The number of nitrogen functional groups attached to an aromatic ring is 1. The van der Waals surface area contributed by atoms with Crippen LogP contribution in [0.1, 0.15) is 18.4 Å². The lowest BCUT2D eigenvalue weighted by Gasteiger charge is -2.07. The zero-order valence-corrected chi connectivity index (χ0v) is 10.5. The minimum atomic E-state index is -1.29. The van der Waals surface area contributed by atoms with E-state index in [1.54, 1.807) is 18.2 Å². The molecule has 0 saturated heterocycles. The third-order valence-corrected chi connectivity index (χ3v) is 4.12. The lowest BCUT2D eigenvalue weighted by Crippen LogP contribution is -2.30. The molecule has 0 aliphatic heterocycles. The van der Waals surface area contributed by atoms with Gasteiger partial charge in [-0.2, -0.15) is 0 Å². The average Bonchev–Trinajstić information content (AvgIpc) is 3.00. The minimum Gasteiger partial charge on any atom is -0.399 e. The van der Waals surface area contributed by atoms with E-state index in [2.05, 4.69) is 5.32 Å². The molecule has 0 radical (unpaired) electrons. The van der Waals surface area contributed by atoms with Crippen LogP contribution in [-0.4, -0.2) is 21.9 Å². The summed E-state index contributed by atoms with van der Waals surface area (Å²) in [4.78, 5) is 12.2. The SMILES string of the molecule is Cc1cc(N)ccc1S(=O)CC(=O)NC1CC1. The number of nitrogens with one attached hydrogen (secondary N) is 1. The van der Waals surface area contributed by atoms with Crippen LogP contribution < -0.4 is 11.1 Å². The molecule has 0 aromatic heterocycles. The van der Waals surface area contributed by atoms with Crippen molar-refractivity contribution in [1.29, 1.82) is 0 Å². The predicted molar refractivity (Wildman–Crippen MR) is 68.0 cm³/mol. The first-order valence-corrected chi connectivity index (χ1v) is 6.92. The molecule has 0 spiro atoms. The van der Waals surface area contributed by atoms with Crippen LogP contribution in [0.5, 0.6) is 0 Å². The van der Waals surface area contributed by atoms with E-state index in [9.17, 15) is 9.00 Å². The van der Waals surface area contributed by atoms with E-state index in [-0.39, 0.29) is 11.7 Å². The molecule has 2 rings (SSSR count). The molecule has 1 aromatic carbocycles. The zero-order chi connectivity index (χ0) is 12.4. The number of nitrogens with two attached hydrogens (primary N) is 1. The van der Waals surface area contributed by atoms with Gasteiger partial charge in [0.25, 0.3) is 0 Å². The summed E-state index contributed by atoms with van der Waals surface area (Å²) >= 11 is 0. The van der Waals surface area contributed by atoms with Crippen molar-refractivity contribution in [3.8, 4) is 0 Å². The highest BCUT2D eigenvalue weighted by Crippen LogP contribution is 2.19. The Labute approximate surface area is 103 Å². The molecule has 1 atom stereocenters. The fourth-order valence-electron chi connectivity index (χ4n) is 1.62. The molecule has 1 aliphatic rings. The molecule has 1 fully saturated rings. The Bertz CT molecular complexity index is 470. The van der Waals surface area contributed by atoms with Crippen LogP contribution in [-0.2, 0) is 15.6 Å². The average molecular weight is 252 g/mol. The second-order valence-corrected chi connectivity index (χ2v) is 5.78. The van der Waals surface area contributed by atoms with E-state index in [0.29, 0.717) is 16.6 Å². The van der Waals surface area contributed by atoms with Crippen molar-refractivity contribution in [2.45, 2.75) is 30.7 Å². The highest BCUT2D eigenvalue weighted by Gasteiger charge is 2.24. The van der Waals surface area contributed by atoms with Crippen molar-refractivity contribution in [3.05, 3.63) is 23.8 Å². The van der Waals surface area contributed by atoms with Gasteiger partial charge in [0, 0.05) is 16.6 Å². The Morgan fingerprint density at radius 1 is 1.53 bits per heavy atom. The Morgan fingerprint density at radius 3 is 2.82 bits per heavy atom. The number of carbonyl (C=O) groups is 1. The smallest absolute Gasteiger partial charge is 0.233 e. The maximum absolute atomic E-state index is 12.0. The summed E-state index contributed by atoms with van der Waals surface area (Å²) in [7, 11) is -1.29. The Kier molecular flexibility index (Phi) is 3.47. The summed E-state index contributed by atoms with van der Waals surface area (Å²) < 4.78 is 12.0. The van der Waals surface area contributed by atoms with Crippen LogP contribution in [0.2, 0.25) is 0 Å². The van der Waals surface area contributed by atoms with E-state index in [0.717, 1.165) is 18.4 Å². The first-order valence-electron chi connectivity index (χ1n) is 5.60. The molecule has 92 valence electrons. The third-order valence-electron chi connectivity index (χ3n) is 2.65. The number of amides is 1. The van der Waals surface area contributed by atoms with Gasteiger partial charge in [0.05, 0.1) is 10.8 Å². The molecule has 0 bridgehead atoms. The lowest BCUT2D eigenvalue weighted by molar-refractivity contribution is -0.118. The van der Waals surface area contributed by atoms with Crippen molar-refractivity contribution in [3.63, 3.8) is 0 Å². The van der Waals surface area contributed by atoms with E-state index in [4.69, 9.17) is 5.73 Å². The highest BCUT2D eigenvalue weighted by atomic mass is 32.2. The van der Waals surface area contributed by atoms with Gasteiger partial charge in [-0.15, -0.1) is 0 Å². The monoisotopic (exact) mass is 252 g/mol. The molecule has 17 heavy (non-hydrogen) atoms. The number of aryl methyl sites for hydroxylation is 1. The van der Waals surface area contributed by atoms with Crippen molar-refractivity contribution in [2.75, 3.05) is 11.5 Å². The highest BCUT2D eigenvalue weighted by molar-refractivity contribution is 7.85. The summed E-state index contributed by atoms with van der Waals surface area (Å²) in [6, 6.07) is 5.52. The molecule has 3 N–H and O–H groups in total. The summed E-state index contributed by atoms with van der Waals surface area (Å²) in [6.07, 6.45) is 2.08. The molecule has 1 amide bonds. The minimum absolute atomic E-state index is 0.0290. The number of anilines is 1. The number of hydrogen-bond donors (Lipinski definition) is 2. The van der Waals surface area contributed by atoms with Crippen molar-refractivity contribution >= 4 is 22.4 Å². The van der Waals surface area contributed by atoms with Crippen LogP contribution in [0, 0.1) is 6.92 Å². The van der Waals surface area contributed by atoms with Gasteiger partial charge < -0.3 is 11.1 Å². The largest absolute Gasteiger partial charge is 0.399 e. The Morgan fingerprint density at radius 2 is 2.24 bits per heavy atom. The molecular formula is C12H16N2O2S. The van der Waals surface area contributed by atoms with Crippen LogP contribution >= 0.6 is 0 Å². The number of hydrogen-bond acceptors (Lipinski definition) is 3. The van der Waals surface area contributed by atoms with Gasteiger partial charge >= 0.3 is 0 Å². The Balaban J connectivity index is 2.00. The molecule has 5 heteroatoms. The summed E-state index contributed by atoms with van der Waals surface area (Å²) in [5.74, 6) is -0.108. The van der Waals surface area contributed by atoms with Crippen molar-refractivity contribution in [1.82, 2.24) is 5.32 Å². The topological polar surface area (TPSA) is 72.2 Å². The maximum Gasteiger partial charge on any atom is 0.233 e. The van der Waals surface area contributed by atoms with E-state index in [1.807, 2.05) is 6.92 Å². The fraction of sp³-hybridized carbons (Fsp3) is 0.417. The standard InChI is InChI=1S/C12H16N2O2S/c1-8-6-9(13)2-5-11(8)17(16)7-12(15)14-10-3-4-10/h2,5-6,10H,3-4,7,13H2,1H3,(H,14,15). The molecule has 0 heterocycles. The summed E-state index contributed by atoms with van der Waals surface area (Å²) in [5, 5.41) is 2.83. The quantitative estimate of drug-likeness (QED) is 0.784. The third kappa shape index (κ3) is 3.30. The van der Waals surface area contributed by atoms with Crippen molar-refractivity contribution in [2.24, 2.45) is 0 Å². The lowest BCUT2D eigenvalue weighted by atomic mass is 10.2. The summed E-state index contributed by atoms with van der Waals surface area (Å²) in [6.45, 7) is 1.85. The predicted octanol–water partition coefficient (Wildman–Crippen LogP) is 0.963. The maximum atomic E-state index is 12.0. The molecule has 4 nitrogen and oxygen atoms in total. The van der Waals surface area contributed by atoms with Gasteiger partial charge in [-0.1, -0.05) is 0 Å². The van der Waals surface area contributed by atoms with Crippen LogP contribution in [0.3, 0.4) is 0 Å². The number of carbonyl (C=O) groups excluding carboxylic acids is 1. The van der Waals surface area contributed by atoms with E-state index < -0.39 is 10.8 Å².